The summed E-state index contributed by atoms with van der Waals surface area (Å²) in [6.45, 7) is 7.55. The zero-order valence-electron chi connectivity index (χ0n) is 18.6. The molecule has 0 bridgehead atoms. The van der Waals surface area contributed by atoms with Crippen LogP contribution in [0.5, 0.6) is 5.75 Å². The third-order valence-electron chi connectivity index (χ3n) is 6.06. The monoisotopic (exact) mass is 441 g/mol. The van der Waals surface area contributed by atoms with E-state index in [1.807, 2.05) is 13.8 Å². The molecule has 1 saturated heterocycles. The second-order valence-electron chi connectivity index (χ2n) is 8.49. The Morgan fingerprint density at radius 1 is 1.00 bits per heavy atom. The summed E-state index contributed by atoms with van der Waals surface area (Å²) in [7, 11) is 0. The first-order chi connectivity index (χ1) is 15.2. The van der Waals surface area contributed by atoms with Crippen LogP contribution in [0.15, 0.2) is 48.5 Å². The van der Waals surface area contributed by atoms with Crippen molar-refractivity contribution in [3.05, 3.63) is 65.5 Å². The van der Waals surface area contributed by atoms with Gasteiger partial charge in [0.2, 0.25) is 5.91 Å². The lowest BCUT2D eigenvalue weighted by molar-refractivity contribution is -0.154. The van der Waals surface area contributed by atoms with Crippen molar-refractivity contribution in [2.75, 3.05) is 26.3 Å². The molecule has 0 aliphatic carbocycles. The van der Waals surface area contributed by atoms with E-state index in [0.29, 0.717) is 37.4 Å². The fourth-order valence-electron chi connectivity index (χ4n) is 3.42. The van der Waals surface area contributed by atoms with Gasteiger partial charge in [-0.15, -0.1) is 0 Å². The molecule has 0 aromatic heterocycles. The number of esters is 1. The van der Waals surface area contributed by atoms with E-state index < -0.39 is 17.2 Å². The maximum absolute atomic E-state index is 13.1. The molecule has 3 rings (SSSR count). The van der Waals surface area contributed by atoms with Gasteiger partial charge in [-0.05, 0) is 61.4 Å². The first-order valence-corrected chi connectivity index (χ1v) is 10.7. The van der Waals surface area contributed by atoms with Gasteiger partial charge in [0.1, 0.15) is 11.6 Å². The van der Waals surface area contributed by atoms with Crippen LogP contribution in [0.1, 0.15) is 43.1 Å². The largest absolute Gasteiger partial charge is 0.426 e. The van der Waals surface area contributed by atoms with Crippen molar-refractivity contribution >= 4 is 17.7 Å². The van der Waals surface area contributed by atoms with Crippen molar-refractivity contribution in [1.29, 1.82) is 0 Å². The van der Waals surface area contributed by atoms with Crippen molar-refractivity contribution < 1.29 is 28.2 Å². The van der Waals surface area contributed by atoms with Gasteiger partial charge in [-0.2, -0.15) is 0 Å². The lowest BCUT2D eigenvalue weighted by atomic mass is 9.76. The smallest absolute Gasteiger partial charge is 0.317 e. The molecular weight excluding hydrogens is 413 g/mol. The molecule has 0 radical (unpaired) electrons. The van der Waals surface area contributed by atoms with E-state index in [4.69, 9.17) is 9.47 Å². The van der Waals surface area contributed by atoms with Crippen LogP contribution in [0.3, 0.4) is 0 Å². The zero-order valence-corrected chi connectivity index (χ0v) is 18.6. The van der Waals surface area contributed by atoms with Gasteiger partial charge in [0, 0.05) is 30.6 Å². The van der Waals surface area contributed by atoms with E-state index in [9.17, 15) is 18.8 Å². The van der Waals surface area contributed by atoms with Gasteiger partial charge >= 0.3 is 5.97 Å². The summed E-state index contributed by atoms with van der Waals surface area (Å²) in [6.07, 6.45) is 0.0463. The molecule has 6 nitrogen and oxygen atoms in total. The number of carbonyl (C=O) groups is 3. The number of rotatable bonds is 7. The minimum absolute atomic E-state index is 0.0463. The Bertz CT molecular complexity index is 965. The van der Waals surface area contributed by atoms with Crippen LogP contribution >= 0.6 is 0 Å². The first-order valence-electron chi connectivity index (χ1n) is 10.7. The molecule has 7 heteroatoms. The van der Waals surface area contributed by atoms with E-state index in [0.717, 1.165) is 0 Å². The Balaban J connectivity index is 1.68. The van der Waals surface area contributed by atoms with E-state index >= 15 is 0 Å². The molecule has 32 heavy (non-hydrogen) atoms. The number of hydrogen-bond donors (Lipinski definition) is 0. The summed E-state index contributed by atoms with van der Waals surface area (Å²) in [4.78, 5) is 40.0. The predicted octanol–water partition coefficient (Wildman–Crippen LogP) is 3.87. The Labute approximate surface area is 187 Å². The molecule has 170 valence electrons. The van der Waals surface area contributed by atoms with Gasteiger partial charge < -0.3 is 14.4 Å². The maximum atomic E-state index is 13.1. The summed E-state index contributed by atoms with van der Waals surface area (Å²) < 4.78 is 24.0. The lowest BCUT2D eigenvalue weighted by Crippen LogP contribution is -2.46. The van der Waals surface area contributed by atoms with Crippen molar-refractivity contribution in [2.45, 2.75) is 27.2 Å². The molecule has 0 spiro atoms. The zero-order chi connectivity index (χ0) is 23.3. The molecule has 1 heterocycles. The Morgan fingerprint density at radius 2 is 1.53 bits per heavy atom. The van der Waals surface area contributed by atoms with Gasteiger partial charge in [0.15, 0.2) is 5.78 Å². The number of ketones is 1. The fraction of sp³-hybridized carbons (Fsp3) is 0.400. The van der Waals surface area contributed by atoms with E-state index in [2.05, 4.69) is 0 Å². The number of halogens is 1. The van der Waals surface area contributed by atoms with Crippen LogP contribution in [-0.2, 0) is 14.3 Å². The van der Waals surface area contributed by atoms with Gasteiger partial charge in [-0.3, -0.25) is 14.4 Å². The molecule has 1 fully saturated rings. The first kappa shape index (κ1) is 23.6. The quantitative estimate of drug-likeness (QED) is 0.371. The Kier molecular flexibility index (Phi) is 7.40. The van der Waals surface area contributed by atoms with Gasteiger partial charge in [0.05, 0.1) is 18.6 Å². The normalized spacial score (nSPS) is 15.8. The Hall–Kier alpha value is -3.06. The van der Waals surface area contributed by atoms with Crippen molar-refractivity contribution in [1.82, 2.24) is 4.90 Å². The van der Waals surface area contributed by atoms with Crippen LogP contribution < -0.4 is 4.74 Å². The summed E-state index contributed by atoms with van der Waals surface area (Å²) >= 11 is 0. The van der Waals surface area contributed by atoms with Gasteiger partial charge in [0.25, 0.3) is 0 Å². The number of amides is 1. The minimum Gasteiger partial charge on any atom is -0.426 e. The topological polar surface area (TPSA) is 72.9 Å². The van der Waals surface area contributed by atoms with Gasteiger partial charge in [-0.1, -0.05) is 13.8 Å². The van der Waals surface area contributed by atoms with Crippen LogP contribution in [0.4, 0.5) is 4.39 Å². The molecule has 0 unspecified atom stereocenters. The Morgan fingerprint density at radius 3 is 2.06 bits per heavy atom. The molecule has 1 aliphatic heterocycles. The van der Waals surface area contributed by atoms with Crippen molar-refractivity contribution in [2.24, 2.45) is 11.3 Å². The second kappa shape index (κ2) is 10.0. The van der Waals surface area contributed by atoms with Crippen LogP contribution in [-0.4, -0.2) is 48.9 Å². The maximum Gasteiger partial charge on any atom is 0.317 e. The fourth-order valence-corrected chi connectivity index (χ4v) is 3.42. The number of carbonyl (C=O) groups excluding carboxylic acids is 3. The molecule has 1 amide bonds. The third-order valence-corrected chi connectivity index (χ3v) is 6.06. The summed E-state index contributed by atoms with van der Waals surface area (Å²) in [6, 6.07) is 11.5. The highest BCUT2D eigenvalue weighted by Crippen LogP contribution is 2.34. The summed E-state index contributed by atoms with van der Waals surface area (Å²) in [5.74, 6) is -1.10. The summed E-state index contributed by atoms with van der Waals surface area (Å²) in [5.41, 5.74) is -0.242. The molecule has 0 N–H and O–H groups in total. The molecular formula is C25H28FNO5. The van der Waals surface area contributed by atoms with Crippen LogP contribution in [0, 0.1) is 17.2 Å². The second-order valence-corrected chi connectivity index (χ2v) is 8.49. The van der Waals surface area contributed by atoms with Crippen molar-refractivity contribution in [3.8, 4) is 5.75 Å². The average molecular weight is 441 g/mol. The van der Waals surface area contributed by atoms with E-state index in [-0.39, 0.29) is 29.8 Å². The van der Waals surface area contributed by atoms with Crippen LogP contribution in [0.25, 0.3) is 0 Å². The number of nitrogens with zero attached hydrogens (tertiary/aromatic N) is 1. The molecule has 0 saturated carbocycles. The molecule has 2 aromatic rings. The third kappa shape index (κ3) is 5.40. The number of benzene rings is 2. The predicted molar refractivity (Wildman–Crippen MR) is 117 cm³/mol. The van der Waals surface area contributed by atoms with E-state index in [1.54, 1.807) is 36.1 Å². The SMILES string of the molecule is CC(C)[C@@](C)(CC(=O)N1CCOCC1)C(=O)Oc1ccc(C(=O)c2ccc(F)cc2)cc1. The highest BCUT2D eigenvalue weighted by molar-refractivity contribution is 6.09. The number of ether oxygens (including phenoxy) is 2. The summed E-state index contributed by atoms with van der Waals surface area (Å²) in [5, 5.41) is 0. The van der Waals surface area contributed by atoms with Crippen molar-refractivity contribution in [3.63, 3.8) is 0 Å². The average Bonchev–Trinajstić information content (AvgIpc) is 2.80. The minimum atomic E-state index is -1.00. The molecule has 1 atom stereocenters. The number of hydrogen-bond acceptors (Lipinski definition) is 5. The van der Waals surface area contributed by atoms with E-state index in [1.165, 1.54) is 24.3 Å². The van der Waals surface area contributed by atoms with Gasteiger partial charge in [-0.25, -0.2) is 4.39 Å². The number of morpholine rings is 1. The molecule has 1 aliphatic rings. The lowest BCUT2D eigenvalue weighted by Gasteiger charge is -2.34. The molecule has 2 aromatic carbocycles. The highest BCUT2D eigenvalue weighted by Gasteiger charge is 2.41. The standard InChI is InChI=1S/C25H28FNO5/c1-17(2)25(3,16-22(28)27-12-14-31-15-13-27)24(30)32-21-10-6-19(7-11-21)23(29)18-4-8-20(26)9-5-18/h4-11,17H,12-16H2,1-3H3/t25-/m1/s1. The van der Waals surface area contributed by atoms with Crippen LogP contribution in [0.2, 0.25) is 0 Å². The highest BCUT2D eigenvalue weighted by atomic mass is 19.1.